The van der Waals surface area contributed by atoms with Crippen molar-refractivity contribution in [1.82, 2.24) is 30.0 Å². The number of halogens is 1. The Kier molecular flexibility index (Phi) is 6.96. The number of aromatic nitrogens is 5. The SMILES string of the molecule is CN(C)CCN(Cc1cccc2[nH]ccc12)c1nccc(Nc2ccn[nH]2)n1.FC1CC1. The van der Waals surface area contributed by atoms with Gasteiger partial charge in [-0.1, -0.05) is 12.1 Å². The number of alkyl halides is 1. The molecule has 3 N–H and O–H groups in total. The molecule has 3 heterocycles. The molecule has 0 atom stereocenters. The summed E-state index contributed by atoms with van der Waals surface area (Å²) in [5.41, 5.74) is 2.38. The third-order valence-electron chi connectivity index (χ3n) is 5.06. The van der Waals surface area contributed by atoms with Crippen LogP contribution in [0.2, 0.25) is 0 Å². The van der Waals surface area contributed by atoms with Gasteiger partial charge in [0.25, 0.3) is 0 Å². The summed E-state index contributed by atoms with van der Waals surface area (Å²) in [6.45, 7) is 2.46. The Morgan fingerprint density at radius 3 is 2.66 bits per heavy atom. The quantitative estimate of drug-likeness (QED) is 0.385. The number of likely N-dealkylation sites (N-methyl/N-ethyl adjacent to an activating group) is 1. The zero-order chi connectivity index (χ0) is 22.3. The highest BCUT2D eigenvalue weighted by Crippen LogP contribution is 2.23. The highest BCUT2D eigenvalue weighted by molar-refractivity contribution is 5.83. The number of nitrogens with one attached hydrogen (secondary N) is 3. The molecule has 9 heteroatoms. The number of hydrogen-bond donors (Lipinski definition) is 3. The normalized spacial score (nSPS) is 13.1. The average Bonchev–Trinajstić information content (AvgIpc) is 3.20. The molecule has 0 radical (unpaired) electrons. The van der Waals surface area contributed by atoms with E-state index in [2.05, 4.69) is 73.6 Å². The summed E-state index contributed by atoms with van der Waals surface area (Å²) in [6, 6.07) is 12.2. The maximum Gasteiger partial charge on any atom is 0.227 e. The first kappa shape index (κ1) is 21.8. The van der Waals surface area contributed by atoms with Crippen molar-refractivity contribution in [3.05, 3.63) is 60.6 Å². The van der Waals surface area contributed by atoms with Crippen LogP contribution >= 0.6 is 0 Å². The zero-order valence-corrected chi connectivity index (χ0v) is 18.4. The number of aromatic amines is 2. The third kappa shape index (κ3) is 6.04. The number of anilines is 3. The lowest BCUT2D eigenvalue weighted by Crippen LogP contribution is -2.32. The number of rotatable bonds is 8. The van der Waals surface area contributed by atoms with Gasteiger partial charge in [-0.15, -0.1) is 0 Å². The van der Waals surface area contributed by atoms with E-state index in [1.54, 1.807) is 12.4 Å². The predicted octanol–water partition coefficient (Wildman–Crippen LogP) is 4.11. The van der Waals surface area contributed by atoms with Crippen LogP contribution in [-0.4, -0.2) is 63.4 Å². The summed E-state index contributed by atoms with van der Waals surface area (Å²) in [5.74, 6) is 2.21. The van der Waals surface area contributed by atoms with Crippen molar-refractivity contribution in [3.8, 4) is 0 Å². The van der Waals surface area contributed by atoms with E-state index in [1.807, 2.05) is 18.3 Å². The summed E-state index contributed by atoms with van der Waals surface area (Å²) in [6.07, 6.45) is 6.68. The number of benzene rings is 1. The second kappa shape index (κ2) is 10.2. The summed E-state index contributed by atoms with van der Waals surface area (Å²) in [4.78, 5) is 16.9. The van der Waals surface area contributed by atoms with Gasteiger partial charge in [-0.25, -0.2) is 9.37 Å². The van der Waals surface area contributed by atoms with Gasteiger partial charge in [-0.05, 0) is 50.7 Å². The van der Waals surface area contributed by atoms with Crippen LogP contribution in [0.5, 0.6) is 0 Å². The van der Waals surface area contributed by atoms with Crippen LogP contribution in [0.1, 0.15) is 18.4 Å². The lowest BCUT2D eigenvalue weighted by molar-refractivity contribution is 0.411. The highest BCUT2D eigenvalue weighted by atomic mass is 19.1. The van der Waals surface area contributed by atoms with Crippen molar-refractivity contribution in [2.75, 3.05) is 37.4 Å². The van der Waals surface area contributed by atoms with Crippen LogP contribution < -0.4 is 10.2 Å². The van der Waals surface area contributed by atoms with E-state index >= 15 is 0 Å². The molecule has 0 spiro atoms. The molecule has 0 saturated heterocycles. The van der Waals surface area contributed by atoms with Crippen LogP contribution in [0.25, 0.3) is 10.9 Å². The van der Waals surface area contributed by atoms with Gasteiger partial charge in [0, 0.05) is 49.0 Å². The number of nitrogens with zero attached hydrogens (tertiary/aromatic N) is 5. The second-order valence-electron chi connectivity index (χ2n) is 8.09. The van der Waals surface area contributed by atoms with Crippen molar-refractivity contribution in [1.29, 1.82) is 0 Å². The molecule has 3 aromatic heterocycles. The van der Waals surface area contributed by atoms with Gasteiger partial charge in [0.1, 0.15) is 17.8 Å². The molecule has 8 nitrogen and oxygen atoms in total. The molecular formula is C23H29FN8. The van der Waals surface area contributed by atoms with Crippen LogP contribution in [0.3, 0.4) is 0 Å². The minimum Gasteiger partial charge on any atom is -0.361 e. The first-order valence-corrected chi connectivity index (χ1v) is 10.8. The molecule has 1 fully saturated rings. The summed E-state index contributed by atoms with van der Waals surface area (Å²) >= 11 is 0. The van der Waals surface area contributed by atoms with Gasteiger partial charge in [-0.3, -0.25) is 5.10 Å². The average molecular weight is 437 g/mol. The number of hydrogen-bond acceptors (Lipinski definition) is 6. The van der Waals surface area contributed by atoms with E-state index in [0.717, 1.165) is 49.6 Å². The van der Waals surface area contributed by atoms with E-state index in [-0.39, 0.29) is 0 Å². The molecule has 1 aliphatic carbocycles. The maximum atomic E-state index is 11.1. The minimum atomic E-state index is -0.417. The Morgan fingerprint density at radius 1 is 1.09 bits per heavy atom. The zero-order valence-electron chi connectivity index (χ0n) is 18.4. The summed E-state index contributed by atoms with van der Waals surface area (Å²) < 4.78 is 11.1. The van der Waals surface area contributed by atoms with Gasteiger partial charge in [0.15, 0.2) is 0 Å². The summed E-state index contributed by atoms with van der Waals surface area (Å²) in [5, 5.41) is 11.3. The van der Waals surface area contributed by atoms with Crippen molar-refractivity contribution < 1.29 is 4.39 Å². The highest BCUT2D eigenvalue weighted by Gasteiger charge is 2.18. The number of fused-ring (bicyclic) bond motifs is 1. The molecule has 0 bridgehead atoms. The first-order chi connectivity index (χ1) is 15.6. The predicted molar refractivity (Wildman–Crippen MR) is 126 cm³/mol. The molecule has 0 amide bonds. The molecule has 32 heavy (non-hydrogen) atoms. The third-order valence-corrected chi connectivity index (χ3v) is 5.06. The minimum absolute atomic E-state index is 0.417. The van der Waals surface area contributed by atoms with Crippen LogP contribution in [0.4, 0.5) is 22.0 Å². The Bertz CT molecular complexity index is 1100. The van der Waals surface area contributed by atoms with Crippen LogP contribution in [0.15, 0.2) is 55.0 Å². The van der Waals surface area contributed by atoms with E-state index in [9.17, 15) is 4.39 Å². The van der Waals surface area contributed by atoms with Gasteiger partial charge < -0.3 is 20.1 Å². The molecule has 168 valence electrons. The van der Waals surface area contributed by atoms with Crippen LogP contribution in [-0.2, 0) is 6.54 Å². The lowest BCUT2D eigenvalue weighted by Gasteiger charge is -2.25. The second-order valence-corrected chi connectivity index (χ2v) is 8.09. The van der Waals surface area contributed by atoms with E-state index in [1.165, 1.54) is 10.9 Å². The fourth-order valence-corrected chi connectivity index (χ4v) is 3.16. The molecule has 1 aliphatic rings. The fraction of sp³-hybridized carbons (Fsp3) is 0.348. The Labute approximate surface area is 186 Å². The van der Waals surface area contributed by atoms with E-state index in [0.29, 0.717) is 5.95 Å². The maximum absolute atomic E-state index is 11.1. The van der Waals surface area contributed by atoms with Crippen molar-refractivity contribution in [2.24, 2.45) is 0 Å². The topological polar surface area (TPSA) is 88.8 Å². The lowest BCUT2D eigenvalue weighted by atomic mass is 10.1. The molecule has 1 saturated carbocycles. The molecule has 4 aromatic rings. The van der Waals surface area contributed by atoms with Crippen molar-refractivity contribution in [3.63, 3.8) is 0 Å². The standard InChI is InChI=1S/C20H24N8.C3H5F/c1-27(2)12-13-28(14-15-4-3-5-17-16(15)6-9-21-17)20-22-10-7-18(25-20)24-19-8-11-23-26-19;4-3-1-2-3/h3-11,21H,12-14H2,1-2H3,(H2,22,23,24,25,26);3H,1-2H2. The van der Waals surface area contributed by atoms with Crippen molar-refractivity contribution in [2.45, 2.75) is 25.6 Å². The van der Waals surface area contributed by atoms with E-state index < -0.39 is 6.17 Å². The van der Waals surface area contributed by atoms with Gasteiger partial charge in [-0.2, -0.15) is 10.1 Å². The molecule has 0 aliphatic heterocycles. The van der Waals surface area contributed by atoms with E-state index in [4.69, 9.17) is 4.98 Å². The van der Waals surface area contributed by atoms with Gasteiger partial charge >= 0.3 is 0 Å². The molecular weight excluding hydrogens is 407 g/mol. The van der Waals surface area contributed by atoms with Crippen LogP contribution in [0, 0.1) is 0 Å². The Morgan fingerprint density at radius 2 is 1.94 bits per heavy atom. The number of H-pyrrole nitrogens is 2. The summed E-state index contributed by atoms with van der Waals surface area (Å²) in [7, 11) is 4.14. The largest absolute Gasteiger partial charge is 0.361 e. The smallest absolute Gasteiger partial charge is 0.227 e. The molecule has 0 unspecified atom stereocenters. The molecule has 1 aromatic carbocycles. The van der Waals surface area contributed by atoms with Gasteiger partial charge in [0.2, 0.25) is 5.95 Å². The fourth-order valence-electron chi connectivity index (χ4n) is 3.16. The Hall–Kier alpha value is -3.46. The van der Waals surface area contributed by atoms with Gasteiger partial charge in [0.05, 0.1) is 6.20 Å². The monoisotopic (exact) mass is 436 g/mol. The van der Waals surface area contributed by atoms with Crippen molar-refractivity contribution >= 4 is 28.5 Å². The molecule has 5 rings (SSSR count). The Balaban J connectivity index is 0.000000552. The first-order valence-electron chi connectivity index (χ1n) is 10.8.